The van der Waals surface area contributed by atoms with Gasteiger partial charge in [0.25, 0.3) is 0 Å². The zero-order chi connectivity index (χ0) is 18.3. The van der Waals surface area contributed by atoms with Gasteiger partial charge >= 0.3 is 0 Å². The first-order valence-electron chi connectivity index (χ1n) is 9.10. The normalized spacial score (nSPS) is 23.7. The Balaban J connectivity index is 1.70. The molecule has 2 aromatic heterocycles. The summed E-state index contributed by atoms with van der Waals surface area (Å²) < 4.78 is 1.93. The highest BCUT2D eigenvalue weighted by molar-refractivity contribution is 5.82. The second-order valence-corrected chi connectivity index (χ2v) is 7.40. The van der Waals surface area contributed by atoms with E-state index in [2.05, 4.69) is 27.4 Å². The van der Waals surface area contributed by atoms with Gasteiger partial charge in [-0.2, -0.15) is 5.10 Å². The Bertz CT molecular complexity index is 852. The van der Waals surface area contributed by atoms with Crippen molar-refractivity contribution in [3.8, 4) is 0 Å². The van der Waals surface area contributed by atoms with Crippen LogP contribution in [0.5, 0.6) is 0 Å². The van der Waals surface area contributed by atoms with Gasteiger partial charge in [0.15, 0.2) is 0 Å². The van der Waals surface area contributed by atoms with Gasteiger partial charge in [-0.1, -0.05) is 0 Å². The topological polar surface area (TPSA) is 87.8 Å². The number of allylic oxidation sites excluding steroid dienone is 2. The van der Waals surface area contributed by atoms with Gasteiger partial charge < -0.3 is 26.6 Å². The molecule has 0 spiro atoms. The summed E-state index contributed by atoms with van der Waals surface area (Å²) >= 11 is 0. The summed E-state index contributed by atoms with van der Waals surface area (Å²) in [5.74, 6) is 0.656. The predicted octanol–water partition coefficient (Wildman–Crippen LogP) is 0.936. The number of fused-ring (bicyclic) bond motifs is 3. The molecule has 0 aromatic carbocycles. The highest BCUT2D eigenvalue weighted by Crippen LogP contribution is 2.30. The summed E-state index contributed by atoms with van der Waals surface area (Å²) in [7, 11) is 3.82. The fourth-order valence-corrected chi connectivity index (χ4v) is 3.93. The molecule has 4 rings (SSSR count). The van der Waals surface area contributed by atoms with Crippen molar-refractivity contribution in [3.05, 3.63) is 48.2 Å². The second-order valence-electron chi connectivity index (χ2n) is 7.40. The van der Waals surface area contributed by atoms with Crippen molar-refractivity contribution >= 4 is 16.8 Å². The Morgan fingerprint density at radius 2 is 2.04 bits per heavy atom. The van der Waals surface area contributed by atoms with Crippen LogP contribution in [0, 0.1) is 0 Å². The molecule has 0 aliphatic carbocycles. The number of piperazine rings is 1. The van der Waals surface area contributed by atoms with Crippen molar-refractivity contribution in [2.24, 2.45) is 11.5 Å². The Hall–Kier alpha value is -2.67. The molecule has 0 radical (unpaired) electrons. The highest BCUT2D eigenvalue weighted by Gasteiger charge is 2.32. The van der Waals surface area contributed by atoms with Crippen molar-refractivity contribution < 1.29 is 0 Å². The fourth-order valence-electron chi connectivity index (χ4n) is 3.93. The number of rotatable bonds is 4. The summed E-state index contributed by atoms with van der Waals surface area (Å²) in [5, 5.41) is 8.17. The predicted molar refractivity (Wildman–Crippen MR) is 105 cm³/mol. The van der Waals surface area contributed by atoms with E-state index in [0.29, 0.717) is 17.9 Å². The van der Waals surface area contributed by atoms with Crippen molar-refractivity contribution in [1.82, 2.24) is 19.8 Å². The molecule has 2 aliphatic heterocycles. The van der Waals surface area contributed by atoms with E-state index in [0.717, 1.165) is 29.7 Å². The van der Waals surface area contributed by atoms with E-state index in [4.69, 9.17) is 11.5 Å². The first-order valence-corrected chi connectivity index (χ1v) is 9.10. The van der Waals surface area contributed by atoms with Gasteiger partial charge in [-0.05, 0) is 31.1 Å². The van der Waals surface area contributed by atoms with Crippen molar-refractivity contribution in [1.29, 1.82) is 0 Å². The Morgan fingerprint density at radius 1 is 1.31 bits per heavy atom. The summed E-state index contributed by atoms with van der Waals surface area (Å²) in [6.07, 6.45) is 9.89. The molecule has 2 aliphatic rings. The molecule has 2 atom stereocenters. The molecule has 2 bridgehead atoms. The van der Waals surface area contributed by atoms with E-state index in [1.807, 2.05) is 42.0 Å². The quantitative estimate of drug-likeness (QED) is 0.709. The summed E-state index contributed by atoms with van der Waals surface area (Å²) in [6, 6.07) is 5.45. The van der Waals surface area contributed by atoms with Crippen molar-refractivity contribution in [2.75, 3.05) is 32.1 Å². The number of nitrogens with two attached hydrogens (primary N) is 2. The van der Waals surface area contributed by atoms with Gasteiger partial charge in [-0.3, -0.25) is 0 Å². The number of hydrogen-bond donors (Lipinski definition) is 3. The maximum Gasteiger partial charge on any atom is 0.0987 e. The van der Waals surface area contributed by atoms with Gasteiger partial charge in [-0.15, -0.1) is 0 Å². The van der Waals surface area contributed by atoms with Crippen LogP contribution in [-0.2, 0) is 0 Å². The van der Waals surface area contributed by atoms with Gasteiger partial charge in [0.2, 0.25) is 0 Å². The smallest absolute Gasteiger partial charge is 0.0987 e. The van der Waals surface area contributed by atoms with Gasteiger partial charge in [0.05, 0.1) is 17.0 Å². The van der Waals surface area contributed by atoms with Gasteiger partial charge in [0.1, 0.15) is 0 Å². The maximum absolute atomic E-state index is 6.06. The molecular formula is C19H27N7. The van der Waals surface area contributed by atoms with E-state index in [1.165, 1.54) is 18.5 Å². The number of aromatic nitrogens is 2. The van der Waals surface area contributed by atoms with Crippen LogP contribution < -0.4 is 21.7 Å². The minimum Gasteiger partial charge on any atom is -0.404 e. The zero-order valence-electron chi connectivity index (χ0n) is 15.4. The lowest BCUT2D eigenvalue weighted by Gasteiger charge is -2.34. The average molecular weight is 353 g/mol. The molecule has 2 saturated heterocycles. The largest absolute Gasteiger partial charge is 0.404 e. The van der Waals surface area contributed by atoms with Crippen molar-refractivity contribution in [3.63, 3.8) is 0 Å². The monoisotopic (exact) mass is 353 g/mol. The molecule has 138 valence electrons. The molecule has 7 heteroatoms. The molecule has 2 unspecified atom stereocenters. The van der Waals surface area contributed by atoms with E-state index in [-0.39, 0.29) is 0 Å². The molecule has 0 saturated carbocycles. The van der Waals surface area contributed by atoms with Crippen LogP contribution in [0.15, 0.2) is 42.6 Å². The average Bonchev–Trinajstić information content (AvgIpc) is 3.21. The first kappa shape index (κ1) is 16.8. The molecule has 7 nitrogen and oxygen atoms in total. The van der Waals surface area contributed by atoms with Gasteiger partial charge in [0, 0.05) is 69.0 Å². The minimum atomic E-state index is 0.596. The zero-order valence-corrected chi connectivity index (χ0v) is 15.4. The molecule has 2 fully saturated rings. The number of hydrogen-bond acceptors (Lipinski definition) is 6. The minimum absolute atomic E-state index is 0.596. The fraction of sp³-hybridized carbons (Fsp3) is 0.421. The molecule has 0 amide bonds. The summed E-state index contributed by atoms with van der Waals surface area (Å²) in [4.78, 5) is 4.34. The second kappa shape index (κ2) is 6.57. The maximum atomic E-state index is 6.06. The summed E-state index contributed by atoms with van der Waals surface area (Å²) in [6.45, 7) is 2.09. The number of nitrogens with zero attached hydrogens (tertiary/aromatic N) is 4. The van der Waals surface area contributed by atoms with E-state index in [9.17, 15) is 0 Å². The van der Waals surface area contributed by atoms with Gasteiger partial charge in [-0.25, -0.2) is 4.52 Å². The standard InChI is InChI=1S/C19H27N7/c1-24(2)19(21)8-13(9-20)14-7-18-17(5-6-22-26(18)10-14)25-11-15-3-4-16(12-25)23-15/h5-10,15-16,23H,3-4,11-12,20-21H2,1-2H3/b13-9+,19-8+. The highest BCUT2D eigenvalue weighted by atomic mass is 15.3. The SMILES string of the molecule is CN(C)/C(N)=C/C(=C\N)c1cc2c(N3CC4CCC(C3)N4)ccnn2c1. The molecular weight excluding hydrogens is 326 g/mol. The Kier molecular flexibility index (Phi) is 4.24. The third kappa shape index (κ3) is 2.99. The Morgan fingerprint density at radius 3 is 2.69 bits per heavy atom. The third-order valence-electron chi connectivity index (χ3n) is 5.38. The van der Waals surface area contributed by atoms with Crippen LogP contribution in [0.3, 0.4) is 0 Å². The van der Waals surface area contributed by atoms with Crippen LogP contribution in [0.4, 0.5) is 5.69 Å². The first-order chi connectivity index (χ1) is 12.5. The van der Waals surface area contributed by atoms with E-state index < -0.39 is 0 Å². The molecule has 4 heterocycles. The lowest BCUT2D eigenvalue weighted by atomic mass is 10.1. The van der Waals surface area contributed by atoms with Crippen LogP contribution >= 0.6 is 0 Å². The van der Waals surface area contributed by atoms with Crippen LogP contribution in [0.2, 0.25) is 0 Å². The van der Waals surface area contributed by atoms with Crippen molar-refractivity contribution in [2.45, 2.75) is 24.9 Å². The summed E-state index contributed by atoms with van der Waals surface area (Å²) in [5.41, 5.74) is 16.2. The lowest BCUT2D eigenvalue weighted by Crippen LogP contribution is -2.51. The van der Waals surface area contributed by atoms with E-state index in [1.54, 1.807) is 6.20 Å². The number of anilines is 1. The van der Waals surface area contributed by atoms with E-state index >= 15 is 0 Å². The number of nitrogens with one attached hydrogen (secondary N) is 1. The van der Waals surface area contributed by atoms with Crippen LogP contribution in [-0.4, -0.2) is 53.8 Å². The Labute approximate surface area is 153 Å². The molecule has 26 heavy (non-hydrogen) atoms. The third-order valence-corrected chi connectivity index (χ3v) is 5.38. The van der Waals surface area contributed by atoms with Crippen LogP contribution in [0.1, 0.15) is 18.4 Å². The molecule has 5 N–H and O–H groups in total. The lowest BCUT2D eigenvalue weighted by molar-refractivity contribution is 0.466. The van der Waals surface area contributed by atoms with Crippen LogP contribution in [0.25, 0.3) is 11.1 Å². The molecule has 2 aromatic rings.